The van der Waals surface area contributed by atoms with E-state index in [9.17, 15) is 14.3 Å². The molecule has 86 valence electrons. The zero-order chi connectivity index (χ0) is 12.1. The normalized spacial score (nSPS) is 11.9. The van der Waals surface area contributed by atoms with Gasteiger partial charge in [-0.3, -0.25) is 14.3 Å². The Morgan fingerprint density at radius 1 is 1.44 bits per heavy atom. The van der Waals surface area contributed by atoms with Gasteiger partial charge in [0.25, 0.3) is 5.69 Å². The summed E-state index contributed by atoms with van der Waals surface area (Å²) in [6, 6.07) is 6.13. The Morgan fingerprint density at radius 2 is 2.06 bits per heavy atom. The molecule has 0 fully saturated rings. The second kappa shape index (κ2) is 5.55. The molecule has 0 amide bonds. The minimum Gasteiger partial charge on any atom is -0.258 e. The number of benzene rings is 1. The largest absolute Gasteiger partial charge is 0.285 e. The van der Waals surface area contributed by atoms with E-state index in [0.29, 0.717) is 5.75 Å². The molecule has 0 heterocycles. The van der Waals surface area contributed by atoms with Gasteiger partial charge < -0.3 is 0 Å². The van der Waals surface area contributed by atoms with E-state index in [4.69, 9.17) is 0 Å². The van der Waals surface area contributed by atoms with E-state index < -0.39 is 15.7 Å². The van der Waals surface area contributed by atoms with Crippen LogP contribution in [0.2, 0.25) is 0 Å². The van der Waals surface area contributed by atoms with Gasteiger partial charge in [0.15, 0.2) is 0 Å². The van der Waals surface area contributed by atoms with Gasteiger partial charge >= 0.3 is 0 Å². The van der Waals surface area contributed by atoms with E-state index in [1.807, 2.05) is 19.9 Å². The average molecular weight is 239 g/mol. The number of allylic oxidation sites excluding steroid dienone is 1. The maximum absolute atomic E-state index is 11.8. The second-order valence-corrected chi connectivity index (χ2v) is 4.98. The van der Waals surface area contributed by atoms with Crippen LogP contribution in [0.3, 0.4) is 0 Å². The molecule has 0 N–H and O–H groups in total. The molecular weight excluding hydrogens is 226 g/mol. The smallest absolute Gasteiger partial charge is 0.258 e. The highest BCUT2D eigenvalue weighted by Gasteiger charge is 2.16. The highest BCUT2D eigenvalue weighted by molar-refractivity contribution is 7.85. The van der Waals surface area contributed by atoms with Crippen LogP contribution in [0.4, 0.5) is 5.69 Å². The van der Waals surface area contributed by atoms with Gasteiger partial charge in [0.05, 0.1) is 15.7 Å². The van der Waals surface area contributed by atoms with Crippen LogP contribution in [0.15, 0.2) is 40.8 Å². The second-order valence-electron chi connectivity index (χ2n) is 3.52. The fourth-order valence-corrected chi connectivity index (χ4v) is 2.40. The van der Waals surface area contributed by atoms with Crippen LogP contribution in [-0.2, 0) is 10.8 Å². The van der Waals surface area contributed by atoms with Crippen molar-refractivity contribution in [3.8, 4) is 0 Å². The lowest BCUT2D eigenvalue weighted by atomic mass is 10.3. The van der Waals surface area contributed by atoms with Crippen molar-refractivity contribution in [2.24, 2.45) is 0 Å². The SMILES string of the molecule is CC(C)=CCS(=O)c1ccccc1[N+](=O)[O-]. The monoisotopic (exact) mass is 239 g/mol. The van der Waals surface area contributed by atoms with Gasteiger partial charge in [-0.05, 0) is 19.9 Å². The Hall–Kier alpha value is -1.49. The summed E-state index contributed by atoms with van der Waals surface area (Å²) in [5.41, 5.74) is 0.968. The molecule has 0 aromatic heterocycles. The van der Waals surface area contributed by atoms with Crippen molar-refractivity contribution in [3.05, 3.63) is 46.0 Å². The molecule has 1 aromatic carbocycles. The van der Waals surface area contributed by atoms with Gasteiger partial charge in [-0.15, -0.1) is 0 Å². The molecule has 0 spiro atoms. The minimum atomic E-state index is -1.35. The number of hydrogen-bond acceptors (Lipinski definition) is 3. The summed E-state index contributed by atoms with van der Waals surface area (Å²) in [6.07, 6.45) is 1.81. The van der Waals surface area contributed by atoms with Gasteiger partial charge in [0.2, 0.25) is 0 Å². The molecule has 4 nitrogen and oxygen atoms in total. The Balaban J connectivity index is 2.99. The lowest BCUT2D eigenvalue weighted by molar-refractivity contribution is -0.387. The summed E-state index contributed by atoms with van der Waals surface area (Å²) >= 11 is 0. The Labute approximate surface area is 96.6 Å². The Morgan fingerprint density at radius 3 is 2.62 bits per heavy atom. The van der Waals surface area contributed by atoms with E-state index >= 15 is 0 Å². The van der Waals surface area contributed by atoms with Crippen molar-refractivity contribution in [1.29, 1.82) is 0 Å². The molecule has 0 saturated heterocycles. The van der Waals surface area contributed by atoms with E-state index in [-0.39, 0.29) is 10.6 Å². The van der Waals surface area contributed by atoms with Gasteiger partial charge in [0, 0.05) is 11.8 Å². The third kappa shape index (κ3) is 3.27. The maximum Gasteiger partial charge on any atom is 0.285 e. The van der Waals surface area contributed by atoms with Crippen molar-refractivity contribution >= 4 is 16.5 Å². The predicted octanol–water partition coefficient (Wildman–Crippen LogP) is 2.67. The van der Waals surface area contributed by atoms with Crippen LogP contribution in [-0.4, -0.2) is 14.9 Å². The predicted molar refractivity (Wildman–Crippen MR) is 63.8 cm³/mol. The summed E-state index contributed by atoms with van der Waals surface area (Å²) in [7, 11) is -1.35. The van der Waals surface area contributed by atoms with Gasteiger partial charge in [0.1, 0.15) is 4.90 Å². The molecule has 0 bridgehead atoms. The molecule has 0 aliphatic heterocycles. The molecule has 0 radical (unpaired) electrons. The summed E-state index contributed by atoms with van der Waals surface area (Å²) in [4.78, 5) is 10.5. The fraction of sp³-hybridized carbons (Fsp3) is 0.273. The number of nitro groups is 1. The summed E-state index contributed by atoms with van der Waals surface area (Å²) in [6.45, 7) is 3.80. The number of nitro benzene ring substituents is 1. The standard InChI is InChI=1S/C11H13NO3S/c1-9(2)7-8-16(15)11-6-4-3-5-10(11)12(13)14/h3-7H,8H2,1-2H3. The summed E-state index contributed by atoms with van der Waals surface area (Å²) in [5.74, 6) is 0.313. The first kappa shape index (κ1) is 12.6. The molecule has 1 rings (SSSR count). The molecule has 1 unspecified atom stereocenters. The lowest BCUT2D eigenvalue weighted by Crippen LogP contribution is -2.00. The number of para-hydroxylation sites is 1. The molecule has 16 heavy (non-hydrogen) atoms. The summed E-state index contributed by atoms with van der Waals surface area (Å²) < 4.78 is 11.8. The van der Waals surface area contributed by atoms with Gasteiger partial charge in [-0.1, -0.05) is 23.8 Å². The van der Waals surface area contributed by atoms with E-state index in [2.05, 4.69) is 0 Å². The number of rotatable bonds is 4. The molecule has 0 aliphatic rings. The van der Waals surface area contributed by atoms with Crippen LogP contribution >= 0.6 is 0 Å². The summed E-state index contributed by atoms with van der Waals surface area (Å²) in [5, 5.41) is 10.7. The third-order valence-corrected chi connectivity index (χ3v) is 3.26. The van der Waals surface area contributed by atoms with E-state index in [0.717, 1.165) is 5.57 Å². The highest BCUT2D eigenvalue weighted by atomic mass is 32.2. The zero-order valence-corrected chi connectivity index (χ0v) is 9.99. The Kier molecular flexibility index (Phi) is 4.37. The molecule has 1 aromatic rings. The van der Waals surface area contributed by atoms with Crippen molar-refractivity contribution < 1.29 is 9.13 Å². The number of nitrogens with zero attached hydrogens (tertiary/aromatic N) is 1. The van der Waals surface area contributed by atoms with E-state index in [1.165, 1.54) is 12.1 Å². The van der Waals surface area contributed by atoms with E-state index in [1.54, 1.807) is 12.1 Å². The first-order valence-corrected chi connectivity index (χ1v) is 6.09. The van der Waals surface area contributed by atoms with Gasteiger partial charge in [-0.25, -0.2) is 0 Å². The van der Waals surface area contributed by atoms with Crippen molar-refractivity contribution in [2.45, 2.75) is 18.7 Å². The first-order valence-electron chi connectivity index (χ1n) is 4.77. The van der Waals surface area contributed by atoms with Crippen molar-refractivity contribution in [3.63, 3.8) is 0 Å². The highest BCUT2D eigenvalue weighted by Crippen LogP contribution is 2.21. The third-order valence-electron chi connectivity index (χ3n) is 1.95. The topological polar surface area (TPSA) is 60.2 Å². The van der Waals surface area contributed by atoms with Crippen LogP contribution < -0.4 is 0 Å². The van der Waals surface area contributed by atoms with Crippen molar-refractivity contribution in [2.75, 3.05) is 5.75 Å². The number of hydrogen-bond donors (Lipinski definition) is 0. The molecule has 5 heteroatoms. The lowest BCUT2D eigenvalue weighted by Gasteiger charge is -2.00. The molecule has 1 atom stereocenters. The van der Waals surface area contributed by atoms with Crippen LogP contribution in [0, 0.1) is 10.1 Å². The molecule has 0 saturated carbocycles. The first-order chi connectivity index (χ1) is 7.52. The van der Waals surface area contributed by atoms with Crippen molar-refractivity contribution in [1.82, 2.24) is 0 Å². The van der Waals surface area contributed by atoms with Crippen LogP contribution in [0.25, 0.3) is 0 Å². The minimum absolute atomic E-state index is 0.0806. The average Bonchev–Trinajstić information content (AvgIpc) is 2.25. The molecular formula is C11H13NO3S. The zero-order valence-electron chi connectivity index (χ0n) is 9.17. The Bertz CT molecular complexity index is 450. The maximum atomic E-state index is 11.8. The fourth-order valence-electron chi connectivity index (χ4n) is 1.13. The van der Waals surface area contributed by atoms with Crippen LogP contribution in [0.1, 0.15) is 13.8 Å². The van der Waals surface area contributed by atoms with Gasteiger partial charge in [-0.2, -0.15) is 0 Å². The molecule has 0 aliphatic carbocycles. The van der Waals surface area contributed by atoms with Crippen LogP contribution in [0.5, 0.6) is 0 Å². The quantitative estimate of drug-likeness (QED) is 0.461.